The van der Waals surface area contributed by atoms with E-state index >= 15 is 0 Å². The van der Waals surface area contributed by atoms with E-state index in [9.17, 15) is 4.79 Å². The van der Waals surface area contributed by atoms with Crippen LogP contribution in [-0.2, 0) is 4.79 Å². The molecule has 0 bridgehead atoms. The number of unbranched alkanes of at least 4 members (excludes halogenated alkanes) is 12. The first kappa shape index (κ1) is 21.0. The molecule has 0 aromatic carbocycles. The van der Waals surface area contributed by atoms with E-state index < -0.39 is 0 Å². The minimum absolute atomic E-state index is 0.419. The van der Waals surface area contributed by atoms with Crippen LogP contribution in [0.3, 0.4) is 0 Å². The summed E-state index contributed by atoms with van der Waals surface area (Å²) in [7, 11) is 0. The summed E-state index contributed by atoms with van der Waals surface area (Å²) >= 11 is 1.57. The lowest BCUT2D eigenvalue weighted by atomic mass is 10.1. The van der Waals surface area contributed by atoms with E-state index in [4.69, 9.17) is 0 Å². The standard InChI is InChI=1S/C19H38OS/c1-3-5-7-9-10-11-12-13-14-16-18-21-19(20)17-15-8-6-4-2/h3-18H2,1-2H3. The van der Waals surface area contributed by atoms with E-state index in [2.05, 4.69) is 13.8 Å². The topological polar surface area (TPSA) is 17.1 Å². The predicted molar refractivity (Wildman–Crippen MR) is 98.1 cm³/mol. The van der Waals surface area contributed by atoms with Gasteiger partial charge in [-0.05, 0) is 12.8 Å². The van der Waals surface area contributed by atoms with Crippen LogP contribution in [0.25, 0.3) is 0 Å². The predicted octanol–water partition coefficient (Wildman–Crippen LogP) is 7.14. The molecule has 0 spiro atoms. The summed E-state index contributed by atoms with van der Waals surface area (Å²) in [4.78, 5) is 11.6. The maximum Gasteiger partial charge on any atom is 0.188 e. The van der Waals surface area contributed by atoms with Crippen molar-refractivity contribution in [1.82, 2.24) is 0 Å². The fourth-order valence-electron chi connectivity index (χ4n) is 2.54. The van der Waals surface area contributed by atoms with Gasteiger partial charge in [0.15, 0.2) is 5.12 Å². The molecule has 2 heteroatoms. The number of carbonyl (C=O) groups excluding carboxylic acids is 1. The first-order valence-electron chi connectivity index (χ1n) is 9.46. The molecule has 0 atom stereocenters. The highest BCUT2D eigenvalue weighted by Gasteiger charge is 2.02. The van der Waals surface area contributed by atoms with Crippen LogP contribution in [0.5, 0.6) is 0 Å². The van der Waals surface area contributed by atoms with Gasteiger partial charge in [-0.25, -0.2) is 0 Å². The Morgan fingerprint density at radius 3 is 1.57 bits per heavy atom. The molecule has 0 aromatic heterocycles. The molecule has 0 aliphatic heterocycles. The number of hydrogen-bond donors (Lipinski definition) is 0. The van der Waals surface area contributed by atoms with Crippen LogP contribution in [0.2, 0.25) is 0 Å². The molecule has 0 rings (SSSR count). The molecule has 1 nitrogen and oxygen atoms in total. The molecule has 0 N–H and O–H groups in total. The monoisotopic (exact) mass is 314 g/mol. The van der Waals surface area contributed by atoms with Gasteiger partial charge >= 0.3 is 0 Å². The molecule has 0 radical (unpaired) electrons. The van der Waals surface area contributed by atoms with Crippen LogP contribution < -0.4 is 0 Å². The zero-order valence-electron chi connectivity index (χ0n) is 14.6. The largest absolute Gasteiger partial charge is 0.287 e. The van der Waals surface area contributed by atoms with Gasteiger partial charge in [0.25, 0.3) is 0 Å². The fraction of sp³-hybridized carbons (Fsp3) is 0.947. The lowest BCUT2D eigenvalue weighted by Crippen LogP contribution is -1.94. The summed E-state index contributed by atoms with van der Waals surface area (Å²) in [6, 6.07) is 0. The second kappa shape index (κ2) is 18.1. The molecule has 0 unspecified atom stereocenters. The van der Waals surface area contributed by atoms with Gasteiger partial charge in [0, 0.05) is 12.2 Å². The molecular weight excluding hydrogens is 276 g/mol. The summed E-state index contributed by atoms with van der Waals surface area (Å²) < 4.78 is 0. The first-order valence-corrected chi connectivity index (χ1v) is 10.5. The van der Waals surface area contributed by atoms with E-state index in [0.29, 0.717) is 5.12 Å². The van der Waals surface area contributed by atoms with Gasteiger partial charge in [0.1, 0.15) is 0 Å². The molecule has 0 aromatic rings. The summed E-state index contributed by atoms with van der Waals surface area (Å²) in [6.45, 7) is 4.48. The maximum atomic E-state index is 11.6. The molecule has 0 fully saturated rings. The van der Waals surface area contributed by atoms with Crippen molar-refractivity contribution in [2.45, 2.75) is 110 Å². The highest BCUT2D eigenvalue weighted by Crippen LogP contribution is 2.15. The summed E-state index contributed by atoms with van der Waals surface area (Å²) in [6.07, 6.45) is 19.4. The van der Waals surface area contributed by atoms with Crippen molar-refractivity contribution in [3.8, 4) is 0 Å². The molecule has 21 heavy (non-hydrogen) atoms. The zero-order chi connectivity index (χ0) is 15.6. The molecule has 126 valence electrons. The first-order chi connectivity index (χ1) is 10.3. The molecule has 0 amide bonds. The van der Waals surface area contributed by atoms with Crippen molar-refractivity contribution >= 4 is 16.9 Å². The smallest absolute Gasteiger partial charge is 0.188 e. The van der Waals surface area contributed by atoms with Crippen LogP contribution in [0.4, 0.5) is 0 Å². The molecular formula is C19H38OS. The summed E-state index contributed by atoms with van der Waals surface area (Å²) in [5.74, 6) is 1.04. The number of rotatable bonds is 16. The maximum absolute atomic E-state index is 11.6. The van der Waals surface area contributed by atoms with Crippen molar-refractivity contribution in [2.24, 2.45) is 0 Å². The third-order valence-electron chi connectivity index (χ3n) is 4.00. The molecule has 0 saturated heterocycles. The third kappa shape index (κ3) is 18.0. The average Bonchev–Trinajstić information content (AvgIpc) is 2.49. The van der Waals surface area contributed by atoms with Crippen molar-refractivity contribution in [1.29, 1.82) is 0 Å². The highest BCUT2D eigenvalue weighted by atomic mass is 32.2. The normalized spacial score (nSPS) is 11.0. The van der Waals surface area contributed by atoms with Gasteiger partial charge in [-0.15, -0.1) is 0 Å². The number of carbonyl (C=O) groups is 1. The Bertz CT molecular complexity index is 216. The minimum Gasteiger partial charge on any atom is -0.287 e. The van der Waals surface area contributed by atoms with Crippen molar-refractivity contribution in [3.05, 3.63) is 0 Å². The lowest BCUT2D eigenvalue weighted by Gasteiger charge is -2.03. The van der Waals surface area contributed by atoms with Gasteiger partial charge in [-0.3, -0.25) is 4.79 Å². The summed E-state index contributed by atoms with van der Waals surface area (Å²) in [5, 5.41) is 0.419. The Kier molecular flexibility index (Phi) is 18.1. The van der Waals surface area contributed by atoms with E-state index in [1.54, 1.807) is 11.8 Å². The van der Waals surface area contributed by atoms with Crippen molar-refractivity contribution in [2.75, 3.05) is 5.75 Å². The summed E-state index contributed by atoms with van der Waals surface area (Å²) in [5.41, 5.74) is 0. The van der Waals surface area contributed by atoms with Gasteiger partial charge in [-0.1, -0.05) is 103 Å². The molecule has 0 aliphatic rings. The van der Waals surface area contributed by atoms with Crippen molar-refractivity contribution < 1.29 is 4.79 Å². The van der Waals surface area contributed by atoms with Crippen LogP contribution in [0.15, 0.2) is 0 Å². The van der Waals surface area contributed by atoms with Crippen molar-refractivity contribution in [3.63, 3.8) is 0 Å². The Labute approximate surface area is 138 Å². The Morgan fingerprint density at radius 2 is 1.05 bits per heavy atom. The second-order valence-electron chi connectivity index (χ2n) is 6.21. The van der Waals surface area contributed by atoms with E-state index in [1.165, 1.54) is 83.5 Å². The third-order valence-corrected chi connectivity index (χ3v) is 5.01. The van der Waals surface area contributed by atoms with Crippen LogP contribution in [0, 0.1) is 0 Å². The fourth-order valence-corrected chi connectivity index (χ4v) is 3.41. The van der Waals surface area contributed by atoms with Crippen LogP contribution in [-0.4, -0.2) is 10.9 Å². The van der Waals surface area contributed by atoms with Gasteiger partial charge in [0.05, 0.1) is 0 Å². The van der Waals surface area contributed by atoms with Gasteiger partial charge < -0.3 is 0 Å². The average molecular weight is 315 g/mol. The lowest BCUT2D eigenvalue weighted by molar-refractivity contribution is -0.111. The van der Waals surface area contributed by atoms with Crippen LogP contribution >= 0.6 is 11.8 Å². The van der Waals surface area contributed by atoms with E-state index in [1.807, 2.05) is 0 Å². The number of hydrogen-bond acceptors (Lipinski definition) is 2. The quantitative estimate of drug-likeness (QED) is 0.282. The highest BCUT2D eigenvalue weighted by molar-refractivity contribution is 8.13. The molecule has 0 saturated carbocycles. The van der Waals surface area contributed by atoms with Crippen LogP contribution in [0.1, 0.15) is 110 Å². The second-order valence-corrected chi connectivity index (χ2v) is 7.37. The molecule has 0 heterocycles. The zero-order valence-corrected chi connectivity index (χ0v) is 15.4. The Hall–Kier alpha value is 0.0200. The van der Waals surface area contributed by atoms with E-state index in [-0.39, 0.29) is 0 Å². The SMILES string of the molecule is CCCCCCCCCCCCSC(=O)CCCCCC. The van der Waals surface area contributed by atoms with Gasteiger partial charge in [-0.2, -0.15) is 0 Å². The van der Waals surface area contributed by atoms with E-state index in [0.717, 1.165) is 18.6 Å². The molecule has 0 aliphatic carbocycles. The van der Waals surface area contributed by atoms with Gasteiger partial charge in [0.2, 0.25) is 0 Å². The Balaban J connectivity index is 3.09. The minimum atomic E-state index is 0.419. The Morgan fingerprint density at radius 1 is 0.619 bits per heavy atom. The number of thioether (sulfide) groups is 1.